The van der Waals surface area contributed by atoms with E-state index in [0.717, 1.165) is 6.42 Å². The molecule has 0 bridgehead atoms. The average molecular weight is 214 g/mol. The summed E-state index contributed by atoms with van der Waals surface area (Å²) in [4.78, 5) is 11.1. The summed E-state index contributed by atoms with van der Waals surface area (Å²) in [7, 11) is 1.36. The lowest BCUT2D eigenvalue weighted by molar-refractivity contribution is -0.150. The smallest absolute Gasteiger partial charge is 0.333 e. The number of hydrogen-bond acceptors (Lipinski definition) is 4. The molecule has 0 spiro atoms. The third-order valence-corrected chi connectivity index (χ3v) is 2.54. The summed E-state index contributed by atoms with van der Waals surface area (Å²) >= 11 is 0. The second-order valence-corrected chi connectivity index (χ2v) is 3.80. The first-order valence-electron chi connectivity index (χ1n) is 5.09. The lowest BCUT2D eigenvalue weighted by Gasteiger charge is -2.20. The highest BCUT2D eigenvalue weighted by Gasteiger charge is 2.34. The molecule has 0 aromatic carbocycles. The first-order valence-corrected chi connectivity index (χ1v) is 5.09. The van der Waals surface area contributed by atoms with Crippen molar-refractivity contribution in [3.63, 3.8) is 0 Å². The van der Waals surface area contributed by atoms with Gasteiger partial charge in [0.25, 0.3) is 0 Å². The van der Waals surface area contributed by atoms with Gasteiger partial charge < -0.3 is 14.2 Å². The number of carbonyl (C=O) groups excluding carboxylic acids is 1. The Hall–Kier alpha value is -0.870. The lowest BCUT2D eigenvalue weighted by Crippen LogP contribution is -2.25. The third-order valence-electron chi connectivity index (χ3n) is 2.54. The van der Waals surface area contributed by atoms with Crippen molar-refractivity contribution in [2.45, 2.75) is 39.1 Å². The van der Waals surface area contributed by atoms with Gasteiger partial charge >= 0.3 is 5.97 Å². The van der Waals surface area contributed by atoms with Gasteiger partial charge in [0.15, 0.2) is 5.79 Å². The van der Waals surface area contributed by atoms with Gasteiger partial charge in [-0.3, -0.25) is 0 Å². The van der Waals surface area contributed by atoms with E-state index in [1.54, 1.807) is 13.0 Å². The lowest BCUT2D eigenvalue weighted by atomic mass is 10.2. The first-order chi connectivity index (χ1) is 7.00. The Labute approximate surface area is 90.2 Å². The summed E-state index contributed by atoms with van der Waals surface area (Å²) in [6.45, 7) is 6.09. The molecule has 4 heteroatoms. The van der Waals surface area contributed by atoms with Gasteiger partial charge in [-0.1, -0.05) is 6.92 Å². The van der Waals surface area contributed by atoms with E-state index >= 15 is 0 Å². The van der Waals surface area contributed by atoms with E-state index in [1.165, 1.54) is 7.11 Å². The number of carbonyl (C=O) groups is 1. The van der Waals surface area contributed by atoms with E-state index in [2.05, 4.69) is 4.74 Å². The fourth-order valence-electron chi connectivity index (χ4n) is 1.42. The van der Waals surface area contributed by atoms with Crippen LogP contribution in [0, 0.1) is 0 Å². The van der Waals surface area contributed by atoms with Crippen molar-refractivity contribution < 1.29 is 19.0 Å². The molecular formula is C11H18O4. The Kier molecular flexibility index (Phi) is 3.88. The molecule has 4 nitrogen and oxygen atoms in total. The van der Waals surface area contributed by atoms with Crippen LogP contribution < -0.4 is 0 Å². The summed E-state index contributed by atoms with van der Waals surface area (Å²) in [5.41, 5.74) is 0.548. The largest absolute Gasteiger partial charge is 0.466 e. The molecule has 1 aliphatic rings. The summed E-state index contributed by atoms with van der Waals surface area (Å²) in [5.74, 6) is -0.846. The molecule has 1 saturated heterocycles. The van der Waals surface area contributed by atoms with Crippen molar-refractivity contribution >= 4 is 5.97 Å². The quantitative estimate of drug-likeness (QED) is 0.529. The van der Waals surface area contributed by atoms with Crippen LogP contribution in [0.15, 0.2) is 11.6 Å². The highest BCUT2D eigenvalue weighted by molar-refractivity contribution is 5.87. The van der Waals surface area contributed by atoms with Crippen molar-refractivity contribution in [2.75, 3.05) is 13.7 Å². The van der Waals surface area contributed by atoms with Crippen molar-refractivity contribution in [3.05, 3.63) is 11.6 Å². The Bertz CT molecular complexity index is 272. The maximum absolute atomic E-state index is 11.1. The minimum atomic E-state index is -0.516. The topological polar surface area (TPSA) is 44.8 Å². The monoisotopic (exact) mass is 214 g/mol. The molecule has 0 aromatic heterocycles. The van der Waals surface area contributed by atoms with E-state index in [0.29, 0.717) is 12.2 Å². The van der Waals surface area contributed by atoms with Crippen LogP contribution in [-0.4, -0.2) is 31.6 Å². The van der Waals surface area contributed by atoms with E-state index in [-0.39, 0.29) is 12.1 Å². The predicted octanol–water partition coefficient (Wildman–Crippen LogP) is 1.65. The molecule has 86 valence electrons. The second kappa shape index (κ2) is 4.77. The van der Waals surface area contributed by atoms with Crippen LogP contribution >= 0.6 is 0 Å². The molecule has 2 atom stereocenters. The van der Waals surface area contributed by atoms with Crippen molar-refractivity contribution in [2.24, 2.45) is 0 Å². The standard InChI is InChI=1S/C11H18O4/c1-5-11(3)14-7-9(15-11)6-8(2)10(12)13-4/h6,9H,5,7H2,1-4H3/b8-6+. The van der Waals surface area contributed by atoms with E-state index < -0.39 is 5.79 Å². The van der Waals surface area contributed by atoms with Gasteiger partial charge in [-0.25, -0.2) is 4.79 Å². The molecule has 0 amide bonds. The zero-order valence-electron chi connectivity index (χ0n) is 9.70. The average Bonchev–Trinajstić information content (AvgIpc) is 2.60. The molecule has 0 radical (unpaired) electrons. The molecule has 0 aromatic rings. The first kappa shape index (κ1) is 12.2. The van der Waals surface area contributed by atoms with E-state index in [4.69, 9.17) is 9.47 Å². The molecule has 0 aliphatic carbocycles. The maximum Gasteiger partial charge on any atom is 0.333 e. The molecule has 2 unspecified atom stereocenters. The van der Waals surface area contributed by atoms with Gasteiger partial charge in [-0.05, 0) is 26.3 Å². The highest BCUT2D eigenvalue weighted by atomic mass is 16.7. The third kappa shape index (κ3) is 3.04. The van der Waals surface area contributed by atoms with Crippen molar-refractivity contribution in [1.82, 2.24) is 0 Å². The van der Waals surface area contributed by atoms with Gasteiger partial charge in [0.05, 0.1) is 13.7 Å². The number of ether oxygens (including phenoxy) is 3. The Balaban J connectivity index is 2.59. The predicted molar refractivity (Wildman–Crippen MR) is 55.3 cm³/mol. The summed E-state index contributed by atoms with van der Waals surface area (Å²) in [5, 5.41) is 0. The Morgan fingerprint density at radius 2 is 2.33 bits per heavy atom. The normalized spacial score (nSPS) is 31.7. The summed E-state index contributed by atoms with van der Waals surface area (Å²) in [6, 6.07) is 0. The maximum atomic E-state index is 11.1. The second-order valence-electron chi connectivity index (χ2n) is 3.80. The van der Waals surface area contributed by atoms with Crippen molar-refractivity contribution in [1.29, 1.82) is 0 Å². The molecule has 0 saturated carbocycles. The van der Waals surface area contributed by atoms with Crippen LogP contribution in [0.5, 0.6) is 0 Å². The number of rotatable bonds is 3. The summed E-state index contributed by atoms with van der Waals surface area (Å²) in [6.07, 6.45) is 2.37. The number of esters is 1. The van der Waals surface area contributed by atoms with Crippen LogP contribution in [0.3, 0.4) is 0 Å². The summed E-state index contributed by atoms with van der Waals surface area (Å²) < 4.78 is 15.8. The molecule has 1 aliphatic heterocycles. The minimum Gasteiger partial charge on any atom is -0.466 e. The van der Waals surface area contributed by atoms with E-state index in [9.17, 15) is 4.79 Å². The van der Waals surface area contributed by atoms with Crippen LogP contribution in [-0.2, 0) is 19.0 Å². The van der Waals surface area contributed by atoms with Crippen LogP contribution in [0.1, 0.15) is 27.2 Å². The molecule has 1 rings (SSSR count). The van der Waals surface area contributed by atoms with Crippen LogP contribution in [0.4, 0.5) is 0 Å². The zero-order valence-corrected chi connectivity index (χ0v) is 9.70. The Morgan fingerprint density at radius 3 is 2.80 bits per heavy atom. The van der Waals surface area contributed by atoms with Gasteiger partial charge in [-0.2, -0.15) is 0 Å². The zero-order chi connectivity index (χ0) is 11.5. The van der Waals surface area contributed by atoms with Gasteiger partial charge in [0.2, 0.25) is 0 Å². The highest BCUT2D eigenvalue weighted by Crippen LogP contribution is 2.27. The molecule has 0 N–H and O–H groups in total. The number of hydrogen-bond donors (Lipinski definition) is 0. The van der Waals surface area contributed by atoms with Gasteiger partial charge in [-0.15, -0.1) is 0 Å². The fourth-order valence-corrected chi connectivity index (χ4v) is 1.42. The fraction of sp³-hybridized carbons (Fsp3) is 0.727. The molecular weight excluding hydrogens is 196 g/mol. The minimum absolute atomic E-state index is 0.158. The van der Waals surface area contributed by atoms with Gasteiger partial charge in [0.1, 0.15) is 6.10 Å². The van der Waals surface area contributed by atoms with Gasteiger partial charge in [0, 0.05) is 5.57 Å². The van der Waals surface area contributed by atoms with E-state index in [1.807, 2.05) is 13.8 Å². The number of methoxy groups -OCH3 is 1. The SMILES string of the molecule is CCC1(C)OCC(/C=C(\C)C(=O)OC)O1. The Morgan fingerprint density at radius 1 is 1.67 bits per heavy atom. The molecule has 1 fully saturated rings. The molecule has 15 heavy (non-hydrogen) atoms. The van der Waals surface area contributed by atoms with Crippen molar-refractivity contribution in [3.8, 4) is 0 Å². The molecule has 1 heterocycles. The van der Waals surface area contributed by atoms with Crippen LogP contribution in [0.2, 0.25) is 0 Å². The van der Waals surface area contributed by atoms with Crippen LogP contribution in [0.25, 0.3) is 0 Å².